The minimum atomic E-state index is -0.105. The Morgan fingerprint density at radius 3 is 2.19 bits per heavy atom. The zero-order valence-electron chi connectivity index (χ0n) is 9.98. The van der Waals surface area contributed by atoms with E-state index in [0.29, 0.717) is 12.5 Å². The summed E-state index contributed by atoms with van der Waals surface area (Å²) in [6, 6.07) is -0.105. The largest absolute Gasteiger partial charge is 0.326 e. The molecule has 0 spiro atoms. The fourth-order valence-electron chi connectivity index (χ4n) is 2.66. The van der Waals surface area contributed by atoms with Crippen LogP contribution in [0.3, 0.4) is 0 Å². The highest BCUT2D eigenvalue weighted by molar-refractivity contribution is 6.05. The molecule has 1 aliphatic heterocycles. The predicted molar refractivity (Wildman–Crippen MR) is 60.4 cm³/mol. The standard InChI is InChI=1S/C12H20N2O2/c1-7(2)10(13)6-14-11(15)8-4-3-5-9(8)12(14)16/h7-10H,3-6,13H2,1-2H3. The number of nitrogens with zero attached hydrogens (tertiary/aromatic N) is 1. The number of nitrogens with two attached hydrogens (primary N) is 1. The van der Waals surface area contributed by atoms with Crippen molar-refractivity contribution in [3.8, 4) is 0 Å². The van der Waals surface area contributed by atoms with Crippen LogP contribution in [-0.4, -0.2) is 29.3 Å². The van der Waals surface area contributed by atoms with Crippen LogP contribution in [0.4, 0.5) is 0 Å². The van der Waals surface area contributed by atoms with E-state index < -0.39 is 0 Å². The van der Waals surface area contributed by atoms with E-state index in [9.17, 15) is 9.59 Å². The Kier molecular flexibility index (Phi) is 3.02. The lowest BCUT2D eigenvalue weighted by Gasteiger charge is -2.22. The van der Waals surface area contributed by atoms with Crippen LogP contribution in [0.1, 0.15) is 33.1 Å². The van der Waals surface area contributed by atoms with Gasteiger partial charge in [0.2, 0.25) is 11.8 Å². The van der Waals surface area contributed by atoms with E-state index in [1.807, 2.05) is 13.8 Å². The fourth-order valence-corrected chi connectivity index (χ4v) is 2.66. The summed E-state index contributed by atoms with van der Waals surface area (Å²) in [5.41, 5.74) is 5.92. The Morgan fingerprint density at radius 1 is 1.25 bits per heavy atom. The van der Waals surface area contributed by atoms with Crippen LogP contribution in [-0.2, 0) is 9.59 Å². The Morgan fingerprint density at radius 2 is 1.75 bits per heavy atom. The van der Waals surface area contributed by atoms with Gasteiger partial charge in [-0.1, -0.05) is 20.3 Å². The second-order valence-corrected chi connectivity index (χ2v) is 5.34. The maximum absolute atomic E-state index is 12.0. The smallest absolute Gasteiger partial charge is 0.233 e. The minimum absolute atomic E-state index is 0.0172. The molecule has 0 radical (unpaired) electrons. The van der Waals surface area contributed by atoms with Gasteiger partial charge in [0.15, 0.2) is 0 Å². The molecular formula is C12H20N2O2. The van der Waals surface area contributed by atoms with Gasteiger partial charge >= 0.3 is 0 Å². The van der Waals surface area contributed by atoms with Crippen LogP contribution < -0.4 is 5.73 Å². The van der Waals surface area contributed by atoms with Crippen molar-refractivity contribution in [3.05, 3.63) is 0 Å². The van der Waals surface area contributed by atoms with E-state index in [0.717, 1.165) is 19.3 Å². The molecule has 1 heterocycles. The number of likely N-dealkylation sites (tertiary alicyclic amines) is 1. The molecular weight excluding hydrogens is 204 g/mol. The van der Waals surface area contributed by atoms with Gasteiger partial charge in [0.05, 0.1) is 11.8 Å². The molecule has 0 bridgehead atoms. The summed E-state index contributed by atoms with van der Waals surface area (Å²) in [5.74, 6) is 0.256. The molecule has 2 N–H and O–H groups in total. The lowest BCUT2D eigenvalue weighted by molar-refractivity contribution is -0.140. The normalized spacial score (nSPS) is 31.4. The first kappa shape index (κ1) is 11.6. The van der Waals surface area contributed by atoms with Crippen molar-refractivity contribution in [3.63, 3.8) is 0 Å². The van der Waals surface area contributed by atoms with Crippen molar-refractivity contribution in [2.24, 2.45) is 23.5 Å². The maximum Gasteiger partial charge on any atom is 0.233 e. The molecule has 2 aliphatic rings. The second-order valence-electron chi connectivity index (χ2n) is 5.34. The first-order chi connectivity index (χ1) is 7.52. The third-order valence-corrected chi connectivity index (χ3v) is 3.93. The third-order valence-electron chi connectivity index (χ3n) is 3.93. The third kappa shape index (κ3) is 1.75. The van der Waals surface area contributed by atoms with Crippen molar-refractivity contribution in [2.75, 3.05) is 6.54 Å². The number of rotatable bonds is 3. The number of amides is 2. The molecule has 2 fully saturated rings. The number of hydrogen-bond donors (Lipinski definition) is 1. The molecule has 4 heteroatoms. The Labute approximate surface area is 96.2 Å². The summed E-state index contributed by atoms with van der Waals surface area (Å²) < 4.78 is 0. The maximum atomic E-state index is 12.0. The zero-order valence-corrected chi connectivity index (χ0v) is 9.98. The fraction of sp³-hybridized carbons (Fsp3) is 0.833. The first-order valence-corrected chi connectivity index (χ1v) is 6.13. The van der Waals surface area contributed by atoms with Crippen LogP contribution in [0.2, 0.25) is 0 Å². The van der Waals surface area contributed by atoms with E-state index in [1.54, 1.807) is 0 Å². The van der Waals surface area contributed by atoms with Gasteiger partial charge in [0.25, 0.3) is 0 Å². The van der Waals surface area contributed by atoms with Crippen molar-refractivity contribution >= 4 is 11.8 Å². The highest BCUT2D eigenvalue weighted by atomic mass is 16.2. The summed E-state index contributed by atoms with van der Waals surface area (Å²) in [7, 11) is 0. The highest BCUT2D eigenvalue weighted by Crippen LogP contribution is 2.39. The lowest BCUT2D eigenvalue weighted by Crippen LogP contribution is -2.44. The molecule has 0 aromatic rings. The molecule has 3 unspecified atom stereocenters. The SMILES string of the molecule is CC(C)C(N)CN1C(=O)C2CCCC2C1=O. The molecule has 16 heavy (non-hydrogen) atoms. The number of hydrogen-bond acceptors (Lipinski definition) is 3. The predicted octanol–water partition coefficient (Wildman–Crippen LogP) is 0.755. The zero-order chi connectivity index (χ0) is 11.9. The average molecular weight is 224 g/mol. The van der Waals surface area contributed by atoms with Crippen LogP contribution in [0.5, 0.6) is 0 Å². The van der Waals surface area contributed by atoms with Crippen molar-refractivity contribution in [1.82, 2.24) is 4.90 Å². The van der Waals surface area contributed by atoms with Gasteiger partial charge in [-0.3, -0.25) is 14.5 Å². The number of carbonyl (C=O) groups excluding carboxylic acids is 2. The second kappa shape index (κ2) is 4.17. The number of carbonyl (C=O) groups is 2. The highest BCUT2D eigenvalue weighted by Gasteiger charge is 2.49. The average Bonchev–Trinajstić information content (AvgIpc) is 2.78. The van der Waals surface area contributed by atoms with Crippen LogP contribution >= 0.6 is 0 Å². The quantitative estimate of drug-likeness (QED) is 0.720. The molecule has 90 valence electrons. The monoisotopic (exact) mass is 224 g/mol. The summed E-state index contributed by atoms with van der Waals surface area (Å²) in [4.78, 5) is 25.4. The van der Waals surface area contributed by atoms with Gasteiger partial charge in [0, 0.05) is 12.6 Å². The van der Waals surface area contributed by atoms with E-state index >= 15 is 0 Å². The lowest BCUT2D eigenvalue weighted by atomic mass is 10.00. The molecule has 0 aromatic carbocycles. The van der Waals surface area contributed by atoms with Gasteiger partial charge in [-0.2, -0.15) is 0 Å². The van der Waals surface area contributed by atoms with Gasteiger partial charge in [0.1, 0.15) is 0 Å². The summed E-state index contributed by atoms with van der Waals surface area (Å²) in [6.07, 6.45) is 2.77. The topological polar surface area (TPSA) is 63.4 Å². The molecule has 1 saturated carbocycles. The molecule has 3 atom stereocenters. The Balaban J connectivity index is 2.06. The molecule has 2 rings (SSSR count). The van der Waals surface area contributed by atoms with Crippen molar-refractivity contribution < 1.29 is 9.59 Å². The van der Waals surface area contributed by atoms with E-state index in [2.05, 4.69) is 0 Å². The van der Waals surface area contributed by atoms with E-state index in [4.69, 9.17) is 5.73 Å². The van der Waals surface area contributed by atoms with E-state index in [-0.39, 0.29) is 29.7 Å². The Bertz CT molecular complexity index is 292. The van der Waals surface area contributed by atoms with Crippen molar-refractivity contribution in [2.45, 2.75) is 39.2 Å². The van der Waals surface area contributed by atoms with Crippen molar-refractivity contribution in [1.29, 1.82) is 0 Å². The van der Waals surface area contributed by atoms with Gasteiger partial charge in [-0.25, -0.2) is 0 Å². The Hall–Kier alpha value is -0.900. The molecule has 4 nitrogen and oxygen atoms in total. The van der Waals surface area contributed by atoms with E-state index in [1.165, 1.54) is 4.90 Å². The summed E-state index contributed by atoms with van der Waals surface area (Å²) in [6.45, 7) is 4.41. The van der Waals surface area contributed by atoms with Gasteiger partial charge in [-0.15, -0.1) is 0 Å². The first-order valence-electron chi connectivity index (χ1n) is 6.13. The van der Waals surface area contributed by atoms with Gasteiger partial charge in [-0.05, 0) is 18.8 Å². The van der Waals surface area contributed by atoms with Gasteiger partial charge < -0.3 is 5.73 Å². The van der Waals surface area contributed by atoms with Crippen LogP contribution in [0.15, 0.2) is 0 Å². The van der Waals surface area contributed by atoms with Crippen LogP contribution in [0.25, 0.3) is 0 Å². The summed E-state index contributed by atoms with van der Waals surface area (Å²) >= 11 is 0. The summed E-state index contributed by atoms with van der Waals surface area (Å²) in [5, 5.41) is 0. The molecule has 0 aromatic heterocycles. The molecule has 2 amide bonds. The number of imide groups is 1. The van der Waals surface area contributed by atoms with Crippen LogP contribution in [0, 0.1) is 17.8 Å². The minimum Gasteiger partial charge on any atom is -0.326 e. The molecule has 1 saturated heterocycles. The molecule has 1 aliphatic carbocycles. The number of fused-ring (bicyclic) bond motifs is 1.